The second kappa shape index (κ2) is 6.00. The maximum absolute atomic E-state index is 14.6. The molecule has 0 spiro atoms. The van der Waals surface area contributed by atoms with Crippen LogP contribution in [0.3, 0.4) is 0 Å². The van der Waals surface area contributed by atoms with Crippen molar-refractivity contribution in [2.75, 3.05) is 12.3 Å². The van der Waals surface area contributed by atoms with Crippen molar-refractivity contribution in [3.8, 4) is 0 Å². The molecule has 2 aromatic rings. The van der Waals surface area contributed by atoms with Gasteiger partial charge in [-0.25, -0.2) is 19.3 Å². The van der Waals surface area contributed by atoms with E-state index in [2.05, 4.69) is 26.8 Å². The van der Waals surface area contributed by atoms with Gasteiger partial charge in [-0.1, -0.05) is 6.92 Å². The van der Waals surface area contributed by atoms with Gasteiger partial charge in [0.2, 0.25) is 0 Å². The van der Waals surface area contributed by atoms with Crippen LogP contribution in [0.5, 0.6) is 0 Å². The van der Waals surface area contributed by atoms with E-state index >= 15 is 0 Å². The average Bonchev–Trinajstić information content (AvgIpc) is 3.01. The molecule has 12 heteroatoms. The van der Waals surface area contributed by atoms with Crippen molar-refractivity contribution in [1.29, 1.82) is 0 Å². The van der Waals surface area contributed by atoms with E-state index < -0.39 is 31.1 Å². The second-order valence-electron chi connectivity index (χ2n) is 5.24. The number of alkyl halides is 1. The third-order valence-electron chi connectivity index (χ3n) is 3.74. The number of hydrogen-bond donors (Lipinski definition) is 3. The number of nitrogen functional groups attached to an aromatic ring is 1. The summed E-state index contributed by atoms with van der Waals surface area (Å²) in [5.41, 5.74) is 6.42. The second-order valence-corrected chi connectivity index (χ2v) is 7.90. The van der Waals surface area contributed by atoms with Crippen molar-refractivity contribution >= 4 is 35.5 Å². The Morgan fingerprint density at radius 1 is 1.48 bits per heavy atom. The van der Waals surface area contributed by atoms with Gasteiger partial charge in [0.15, 0.2) is 23.9 Å². The van der Waals surface area contributed by atoms with E-state index in [0.29, 0.717) is 11.2 Å². The third kappa shape index (κ3) is 3.21. The summed E-state index contributed by atoms with van der Waals surface area (Å²) in [6, 6.07) is 0. The Bertz CT molecular complexity index is 770. The van der Waals surface area contributed by atoms with Crippen LogP contribution >= 0.6 is 6.72 Å². The highest BCUT2D eigenvalue weighted by atomic mass is 32.5. The first-order valence-electron chi connectivity index (χ1n) is 6.70. The quantitative estimate of drug-likeness (QED) is 0.665. The number of imidazole rings is 1. The first-order valence-corrected chi connectivity index (χ1v) is 9.33. The molecule has 0 bridgehead atoms. The molecule has 1 saturated heterocycles. The lowest BCUT2D eigenvalue weighted by atomic mass is 10.0. The summed E-state index contributed by atoms with van der Waals surface area (Å²) in [6.07, 6.45) is -0.394. The summed E-state index contributed by atoms with van der Waals surface area (Å²) < 4.78 is 26.5. The standard InChI is InChI=1S/C11H15FN5O4PS/c1-5-6(2-20-22(18,19)23)21-11(7(5)12)17-4-16-8-9(13)14-3-15-10(8)17/h3-7,11H,2H2,1H3,(H2,13,14,15)(H2,18,19,23)/t5?,6-,7-,11-/m1/s1. The summed E-state index contributed by atoms with van der Waals surface area (Å²) in [4.78, 5) is 30.2. The monoisotopic (exact) mass is 363 g/mol. The molecule has 4 N–H and O–H groups in total. The molecule has 2 aromatic heterocycles. The molecule has 0 amide bonds. The fraction of sp³-hybridized carbons (Fsp3) is 0.545. The number of nitrogens with zero attached hydrogens (tertiary/aromatic N) is 4. The molecule has 126 valence electrons. The number of ether oxygens (including phenoxy) is 1. The highest BCUT2D eigenvalue weighted by molar-refractivity contribution is 8.06. The molecule has 1 unspecified atom stereocenters. The van der Waals surface area contributed by atoms with Crippen LogP contribution in [0.2, 0.25) is 0 Å². The number of nitrogens with two attached hydrogens (primary N) is 1. The zero-order valence-electron chi connectivity index (χ0n) is 12.0. The highest BCUT2D eigenvalue weighted by Gasteiger charge is 2.44. The third-order valence-corrected chi connectivity index (χ3v) is 4.55. The summed E-state index contributed by atoms with van der Waals surface area (Å²) >= 11 is 4.38. The Morgan fingerprint density at radius 2 is 2.22 bits per heavy atom. The highest BCUT2D eigenvalue weighted by Crippen LogP contribution is 2.41. The molecule has 23 heavy (non-hydrogen) atoms. The Morgan fingerprint density at radius 3 is 2.91 bits per heavy atom. The van der Waals surface area contributed by atoms with Gasteiger partial charge in [-0.3, -0.25) is 4.57 Å². The van der Waals surface area contributed by atoms with Gasteiger partial charge in [0.1, 0.15) is 11.8 Å². The van der Waals surface area contributed by atoms with Gasteiger partial charge in [-0.05, 0) is 11.8 Å². The van der Waals surface area contributed by atoms with Crippen molar-refractivity contribution < 1.29 is 23.4 Å². The molecule has 3 rings (SSSR count). The van der Waals surface area contributed by atoms with Crippen LogP contribution < -0.4 is 5.73 Å². The van der Waals surface area contributed by atoms with Crippen LogP contribution in [0.25, 0.3) is 11.2 Å². The molecule has 1 aliphatic rings. The smallest absolute Gasteiger partial charge is 0.321 e. The van der Waals surface area contributed by atoms with Crippen LogP contribution in [-0.4, -0.2) is 48.2 Å². The average molecular weight is 363 g/mol. The molecule has 3 heterocycles. The number of rotatable bonds is 4. The molecule has 0 aromatic carbocycles. The van der Waals surface area contributed by atoms with Gasteiger partial charge in [-0.2, -0.15) is 0 Å². The van der Waals surface area contributed by atoms with Crippen molar-refractivity contribution in [2.24, 2.45) is 5.92 Å². The van der Waals surface area contributed by atoms with Crippen molar-refractivity contribution in [2.45, 2.75) is 25.4 Å². The maximum Gasteiger partial charge on any atom is 0.321 e. The van der Waals surface area contributed by atoms with Crippen molar-refractivity contribution in [3.05, 3.63) is 12.7 Å². The zero-order chi connectivity index (χ0) is 16.8. The Hall–Kier alpha value is -1.23. The zero-order valence-corrected chi connectivity index (χ0v) is 13.7. The SMILES string of the molecule is CC1[C@@H](F)[C@H](n2cnc3c(N)ncnc32)O[C@@H]1COP(O)(O)=S. The van der Waals surface area contributed by atoms with Crippen molar-refractivity contribution in [3.63, 3.8) is 0 Å². The molecular formula is C11H15FN5O4PS. The fourth-order valence-corrected chi connectivity index (χ4v) is 3.00. The van der Waals surface area contributed by atoms with Crippen LogP contribution in [0, 0.1) is 5.92 Å². The largest absolute Gasteiger partial charge is 0.382 e. The minimum atomic E-state index is -3.82. The van der Waals surface area contributed by atoms with Crippen LogP contribution in [0.4, 0.5) is 10.2 Å². The van der Waals surface area contributed by atoms with E-state index in [1.54, 1.807) is 6.92 Å². The van der Waals surface area contributed by atoms with Crippen LogP contribution in [0.15, 0.2) is 12.7 Å². The van der Waals surface area contributed by atoms with Gasteiger partial charge < -0.3 is 24.8 Å². The molecular weight excluding hydrogens is 348 g/mol. The molecule has 4 atom stereocenters. The normalized spacial score (nSPS) is 28.5. The maximum atomic E-state index is 14.6. The summed E-state index contributed by atoms with van der Waals surface area (Å²) in [5, 5.41) is 0. The predicted octanol–water partition coefficient (Wildman–Crippen LogP) is 0.506. The first kappa shape index (κ1) is 16.6. The lowest BCUT2D eigenvalue weighted by molar-refractivity contribution is -0.0352. The van der Waals surface area contributed by atoms with Gasteiger partial charge >= 0.3 is 6.72 Å². The van der Waals surface area contributed by atoms with Crippen LogP contribution in [0.1, 0.15) is 13.2 Å². The first-order chi connectivity index (χ1) is 10.8. The van der Waals surface area contributed by atoms with E-state index in [4.69, 9.17) is 24.8 Å². The van der Waals surface area contributed by atoms with Gasteiger partial charge in [0, 0.05) is 5.92 Å². The predicted molar refractivity (Wildman–Crippen MR) is 82.4 cm³/mol. The van der Waals surface area contributed by atoms with E-state index in [-0.39, 0.29) is 12.4 Å². The van der Waals surface area contributed by atoms with Gasteiger partial charge in [-0.15, -0.1) is 0 Å². The van der Waals surface area contributed by atoms with Gasteiger partial charge in [0.05, 0.1) is 19.0 Å². The van der Waals surface area contributed by atoms with Gasteiger partial charge in [0.25, 0.3) is 0 Å². The molecule has 1 fully saturated rings. The lowest BCUT2D eigenvalue weighted by Gasteiger charge is -2.17. The molecule has 1 aliphatic heterocycles. The number of aromatic nitrogens is 4. The van der Waals surface area contributed by atoms with E-state index in [0.717, 1.165) is 0 Å². The number of fused-ring (bicyclic) bond motifs is 1. The molecule has 9 nitrogen and oxygen atoms in total. The topological polar surface area (TPSA) is 129 Å². The summed E-state index contributed by atoms with van der Waals surface area (Å²) in [5.74, 6) is -0.352. The molecule has 0 saturated carbocycles. The summed E-state index contributed by atoms with van der Waals surface area (Å²) in [6.45, 7) is -2.39. The fourth-order valence-electron chi connectivity index (χ4n) is 2.48. The molecule has 0 radical (unpaired) electrons. The summed E-state index contributed by atoms with van der Waals surface area (Å²) in [7, 11) is 0. The Balaban J connectivity index is 1.85. The molecule has 0 aliphatic carbocycles. The number of hydrogen-bond acceptors (Lipinski definition) is 7. The minimum Gasteiger partial charge on any atom is -0.382 e. The lowest BCUT2D eigenvalue weighted by Crippen LogP contribution is -2.23. The Kier molecular flexibility index (Phi) is 4.34. The number of anilines is 1. The number of halogens is 1. The van der Waals surface area contributed by atoms with Crippen LogP contribution in [-0.2, 0) is 21.1 Å². The van der Waals surface area contributed by atoms with E-state index in [1.807, 2.05) is 0 Å². The Labute approximate surface area is 135 Å². The van der Waals surface area contributed by atoms with E-state index in [1.165, 1.54) is 17.2 Å². The minimum absolute atomic E-state index is 0.191. The van der Waals surface area contributed by atoms with E-state index in [9.17, 15) is 4.39 Å². The van der Waals surface area contributed by atoms with Crippen molar-refractivity contribution in [1.82, 2.24) is 19.5 Å².